The number of ether oxygens (including phenoxy) is 3. The fourth-order valence-electron chi connectivity index (χ4n) is 2.55. The van der Waals surface area contributed by atoms with Gasteiger partial charge in [-0.25, -0.2) is 4.79 Å². The smallest absolute Gasteiger partial charge is 0.349 e. The highest BCUT2D eigenvalue weighted by molar-refractivity contribution is 6.38. The van der Waals surface area contributed by atoms with Gasteiger partial charge in [-0.1, -0.05) is 24.3 Å². The lowest BCUT2D eigenvalue weighted by molar-refractivity contribution is -0.156. The molecular weight excluding hydrogens is 356 g/mol. The zero-order valence-electron chi connectivity index (χ0n) is 16.7. The van der Waals surface area contributed by atoms with E-state index in [-0.39, 0.29) is 11.4 Å². The maximum atomic E-state index is 11.8. The Bertz CT molecular complexity index is 874. The molecule has 0 aliphatic rings. The highest BCUT2D eigenvalue weighted by Crippen LogP contribution is 2.28. The molecule has 0 saturated carbocycles. The molecule has 6 nitrogen and oxygen atoms in total. The summed E-state index contributed by atoms with van der Waals surface area (Å²) in [6, 6.07) is 15.1. The highest BCUT2D eigenvalue weighted by Gasteiger charge is 2.31. The van der Waals surface area contributed by atoms with Crippen molar-refractivity contribution < 1.29 is 19.0 Å². The van der Waals surface area contributed by atoms with Gasteiger partial charge in [-0.15, -0.1) is 0 Å². The van der Waals surface area contributed by atoms with Crippen LogP contribution in [0.3, 0.4) is 0 Å². The molecule has 0 aromatic heterocycles. The molecule has 2 aromatic rings. The minimum Gasteiger partial charge on any atom is -0.493 e. The largest absolute Gasteiger partial charge is 0.493 e. The Kier molecular flexibility index (Phi) is 6.93. The molecule has 0 spiro atoms. The first-order valence-corrected chi connectivity index (χ1v) is 8.96. The summed E-state index contributed by atoms with van der Waals surface area (Å²) < 4.78 is 16.3. The molecule has 0 unspecified atom stereocenters. The number of nitrogens with one attached hydrogen (secondary N) is 2. The molecule has 2 N–H and O–H groups in total. The maximum Gasteiger partial charge on any atom is 0.349 e. The topological polar surface area (TPSA) is 92.5 Å². The van der Waals surface area contributed by atoms with Gasteiger partial charge in [0.1, 0.15) is 11.5 Å². The van der Waals surface area contributed by atoms with Gasteiger partial charge in [0, 0.05) is 12.1 Å². The SMILES string of the molecule is COC(=O)C(C)(C)Oc1cccc(-c2cccc(OCCC(=N)C(C)=N)c2)c1. The van der Waals surface area contributed by atoms with Crippen LogP contribution in [0.2, 0.25) is 0 Å². The minimum absolute atomic E-state index is 0.254. The van der Waals surface area contributed by atoms with Crippen molar-refractivity contribution in [3.63, 3.8) is 0 Å². The van der Waals surface area contributed by atoms with Gasteiger partial charge in [-0.2, -0.15) is 0 Å². The van der Waals surface area contributed by atoms with Crippen LogP contribution in [-0.4, -0.2) is 36.7 Å². The summed E-state index contributed by atoms with van der Waals surface area (Å²) in [5.74, 6) is 0.808. The number of benzene rings is 2. The van der Waals surface area contributed by atoms with E-state index in [9.17, 15) is 4.79 Å². The first kappa shape index (κ1) is 21.2. The predicted molar refractivity (Wildman–Crippen MR) is 110 cm³/mol. The minimum atomic E-state index is -1.09. The molecule has 0 aliphatic heterocycles. The average Bonchev–Trinajstić information content (AvgIpc) is 2.67. The van der Waals surface area contributed by atoms with E-state index in [1.165, 1.54) is 7.11 Å². The van der Waals surface area contributed by atoms with Gasteiger partial charge in [0.25, 0.3) is 0 Å². The molecule has 6 heteroatoms. The second-order valence-electron chi connectivity index (χ2n) is 6.86. The van der Waals surface area contributed by atoms with Gasteiger partial charge in [-0.05, 0) is 56.2 Å². The van der Waals surface area contributed by atoms with Crippen molar-refractivity contribution in [3.8, 4) is 22.6 Å². The van der Waals surface area contributed by atoms with Crippen molar-refractivity contribution in [1.29, 1.82) is 10.8 Å². The van der Waals surface area contributed by atoms with Crippen LogP contribution in [0.15, 0.2) is 48.5 Å². The summed E-state index contributed by atoms with van der Waals surface area (Å²) in [7, 11) is 1.33. The fourth-order valence-corrected chi connectivity index (χ4v) is 2.55. The number of rotatable bonds is 9. The summed E-state index contributed by atoms with van der Waals surface area (Å²) >= 11 is 0. The predicted octanol–water partition coefficient (Wildman–Crippen LogP) is 4.51. The number of carbonyl (C=O) groups is 1. The Morgan fingerprint density at radius 1 is 1.00 bits per heavy atom. The third-order valence-corrected chi connectivity index (χ3v) is 4.12. The number of hydrogen-bond acceptors (Lipinski definition) is 6. The Morgan fingerprint density at radius 3 is 2.14 bits per heavy atom. The number of carbonyl (C=O) groups excluding carboxylic acids is 1. The van der Waals surface area contributed by atoms with Crippen LogP contribution in [0.25, 0.3) is 11.1 Å². The second-order valence-corrected chi connectivity index (χ2v) is 6.86. The van der Waals surface area contributed by atoms with Crippen LogP contribution in [0, 0.1) is 10.8 Å². The molecule has 28 heavy (non-hydrogen) atoms. The van der Waals surface area contributed by atoms with Crippen molar-refractivity contribution in [1.82, 2.24) is 0 Å². The van der Waals surface area contributed by atoms with Crippen molar-refractivity contribution in [2.24, 2.45) is 0 Å². The molecule has 2 aromatic carbocycles. The fraction of sp³-hybridized carbons (Fsp3) is 0.318. The molecular formula is C22H26N2O4. The molecule has 0 radical (unpaired) electrons. The molecule has 0 saturated heterocycles. The Morgan fingerprint density at radius 2 is 1.57 bits per heavy atom. The van der Waals surface area contributed by atoms with E-state index in [0.717, 1.165) is 11.1 Å². The molecule has 0 atom stereocenters. The quantitative estimate of drug-likeness (QED) is 0.493. The average molecular weight is 382 g/mol. The van der Waals surface area contributed by atoms with Crippen LogP contribution in [-0.2, 0) is 9.53 Å². The first-order chi connectivity index (χ1) is 13.2. The molecule has 0 amide bonds. The van der Waals surface area contributed by atoms with Crippen molar-refractivity contribution in [3.05, 3.63) is 48.5 Å². The summed E-state index contributed by atoms with van der Waals surface area (Å²) in [5, 5.41) is 15.1. The Hall–Kier alpha value is -3.15. The Balaban J connectivity index is 2.12. The van der Waals surface area contributed by atoms with Gasteiger partial charge < -0.3 is 25.0 Å². The molecule has 0 aliphatic carbocycles. The van der Waals surface area contributed by atoms with Crippen molar-refractivity contribution in [2.45, 2.75) is 32.8 Å². The monoisotopic (exact) mass is 382 g/mol. The summed E-state index contributed by atoms with van der Waals surface area (Å²) in [5.41, 5.74) is 1.30. The number of methoxy groups -OCH3 is 1. The number of esters is 1. The van der Waals surface area contributed by atoms with E-state index in [1.54, 1.807) is 26.8 Å². The second kappa shape index (κ2) is 9.17. The van der Waals surface area contributed by atoms with Crippen LogP contribution in [0.1, 0.15) is 27.2 Å². The summed E-state index contributed by atoms with van der Waals surface area (Å²) in [6.45, 7) is 5.26. The lowest BCUT2D eigenvalue weighted by atomic mass is 10.0. The molecule has 148 valence electrons. The zero-order chi connectivity index (χ0) is 20.7. The van der Waals surface area contributed by atoms with Gasteiger partial charge in [0.05, 0.1) is 19.4 Å². The third-order valence-electron chi connectivity index (χ3n) is 4.12. The summed E-state index contributed by atoms with van der Waals surface area (Å²) in [6.07, 6.45) is 0.394. The lowest BCUT2D eigenvalue weighted by Crippen LogP contribution is -2.39. The number of hydrogen-bond donors (Lipinski definition) is 2. The zero-order valence-corrected chi connectivity index (χ0v) is 16.7. The highest BCUT2D eigenvalue weighted by atomic mass is 16.6. The van der Waals surface area contributed by atoms with E-state index in [2.05, 4.69) is 0 Å². The van der Waals surface area contributed by atoms with Crippen LogP contribution in [0.4, 0.5) is 0 Å². The summed E-state index contributed by atoms with van der Waals surface area (Å²) in [4.78, 5) is 11.8. The standard InChI is InChI=1S/C22H26N2O4/c1-15(23)20(24)11-12-27-18-9-5-7-16(13-18)17-8-6-10-19(14-17)28-22(2,3)21(25)26-4/h5-10,13-14,23-24H,11-12H2,1-4H3. The van der Waals surface area contributed by atoms with Crippen molar-refractivity contribution in [2.75, 3.05) is 13.7 Å². The van der Waals surface area contributed by atoms with E-state index < -0.39 is 11.6 Å². The van der Waals surface area contributed by atoms with E-state index >= 15 is 0 Å². The van der Waals surface area contributed by atoms with E-state index in [1.807, 2.05) is 42.5 Å². The van der Waals surface area contributed by atoms with E-state index in [0.29, 0.717) is 24.5 Å². The van der Waals surface area contributed by atoms with E-state index in [4.69, 9.17) is 25.0 Å². The molecule has 2 rings (SSSR count). The lowest BCUT2D eigenvalue weighted by Gasteiger charge is -2.23. The van der Waals surface area contributed by atoms with Gasteiger partial charge in [0.2, 0.25) is 0 Å². The molecule has 0 fully saturated rings. The van der Waals surface area contributed by atoms with Gasteiger partial charge in [-0.3, -0.25) is 0 Å². The van der Waals surface area contributed by atoms with Gasteiger partial charge >= 0.3 is 5.97 Å². The van der Waals surface area contributed by atoms with Crippen LogP contribution < -0.4 is 9.47 Å². The third kappa shape index (κ3) is 5.67. The molecule has 0 heterocycles. The Labute approximate surface area is 165 Å². The maximum absolute atomic E-state index is 11.8. The normalized spacial score (nSPS) is 10.9. The first-order valence-electron chi connectivity index (χ1n) is 8.96. The molecule has 0 bridgehead atoms. The van der Waals surface area contributed by atoms with Crippen molar-refractivity contribution >= 4 is 17.4 Å². The van der Waals surface area contributed by atoms with Crippen LogP contribution in [0.5, 0.6) is 11.5 Å². The van der Waals surface area contributed by atoms with Crippen LogP contribution >= 0.6 is 0 Å². The van der Waals surface area contributed by atoms with Gasteiger partial charge in [0.15, 0.2) is 5.60 Å².